The standard InChI is InChI=1S/C19H25N3O/c23-18(10-6-7-16-13-21-22-14-16)20-15-19(11-4-5-12-19)17-8-2-1-3-9-17/h1-3,8-9,13-14H,4-7,10-12,15H2,(H,20,23)(H,21,22). The molecule has 0 unspecified atom stereocenters. The van der Waals surface area contributed by atoms with Crippen molar-refractivity contribution in [1.29, 1.82) is 0 Å². The van der Waals surface area contributed by atoms with Crippen LogP contribution in [0, 0.1) is 0 Å². The number of aromatic amines is 1. The summed E-state index contributed by atoms with van der Waals surface area (Å²) in [5.41, 5.74) is 2.67. The van der Waals surface area contributed by atoms with Crippen molar-refractivity contribution in [3.8, 4) is 0 Å². The molecular formula is C19H25N3O. The molecule has 0 aliphatic heterocycles. The maximum Gasteiger partial charge on any atom is 0.220 e. The number of carbonyl (C=O) groups is 1. The molecule has 1 fully saturated rings. The summed E-state index contributed by atoms with van der Waals surface area (Å²) in [4.78, 5) is 12.2. The Bertz CT molecular complexity index is 601. The van der Waals surface area contributed by atoms with Crippen molar-refractivity contribution in [3.63, 3.8) is 0 Å². The molecule has 0 atom stereocenters. The molecule has 0 saturated heterocycles. The molecule has 2 N–H and O–H groups in total. The highest BCUT2D eigenvalue weighted by Gasteiger charge is 2.35. The number of carbonyl (C=O) groups excluding carboxylic acids is 1. The van der Waals surface area contributed by atoms with Gasteiger partial charge in [-0.25, -0.2) is 0 Å². The number of nitrogens with one attached hydrogen (secondary N) is 2. The lowest BCUT2D eigenvalue weighted by Gasteiger charge is -2.30. The van der Waals surface area contributed by atoms with E-state index in [1.807, 2.05) is 12.4 Å². The van der Waals surface area contributed by atoms with Crippen LogP contribution in [0.3, 0.4) is 0 Å². The normalized spacial score (nSPS) is 16.3. The molecule has 3 rings (SSSR count). The van der Waals surface area contributed by atoms with Crippen molar-refractivity contribution in [2.24, 2.45) is 0 Å². The van der Waals surface area contributed by atoms with Gasteiger partial charge in [-0.1, -0.05) is 43.2 Å². The quantitative estimate of drug-likeness (QED) is 0.824. The fourth-order valence-electron chi connectivity index (χ4n) is 3.63. The van der Waals surface area contributed by atoms with Gasteiger partial charge in [-0.2, -0.15) is 5.10 Å². The average Bonchev–Trinajstić information content (AvgIpc) is 3.26. The zero-order valence-electron chi connectivity index (χ0n) is 13.6. The Morgan fingerprint density at radius 2 is 2.00 bits per heavy atom. The van der Waals surface area contributed by atoms with E-state index in [4.69, 9.17) is 0 Å². The predicted octanol–water partition coefficient (Wildman–Crippen LogP) is 3.36. The molecule has 1 aliphatic carbocycles. The molecule has 1 saturated carbocycles. The van der Waals surface area contributed by atoms with Gasteiger partial charge in [-0.05, 0) is 36.8 Å². The van der Waals surface area contributed by atoms with Crippen LogP contribution in [0.4, 0.5) is 0 Å². The average molecular weight is 311 g/mol. The van der Waals surface area contributed by atoms with Gasteiger partial charge in [0.05, 0.1) is 6.20 Å². The minimum Gasteiger partial charge on any atom is -0.355 e. The highest BCUT2D eigenvalue weighted by molar-refractivity contribution is 5.76. The molecule has 1 heterocycles. The number of hydrogen-bond donors (Lipinski definition) is 2. The fraction of sp³-hybridized carbons (Fsp3) is 0.474. The van der Waals surface area contributed by atoms with Gasteiger partial charge in [-0.3, -0.25) is 9.89 Å². The zero-order chi connectivity index (χ0) is 16.0. The molecule has 1 aliphatic rings. The fourth-order valence-corrected chi connectivity index (χ4v) is 3.63. The second kappa shape index (κ2) is 7.44. The van der Waals surface area contributed by atoms with Crippen LogP contribution >= 0.6 is 0 Å². The molecule has 0 spiro atoms. The minimum atomic E-state index is 0.140. The van der Waals surface area contributed by atoms with Crippen molar-refractivity contribution in [2.75, 3.05) is 6.54 Å². The lowest BCUT2D eigenvalue weighted by atomic mass is 9.79. The second-order valence-electron chi connectivity index (χ2n) is 6.59. The van der Waals surface area contributed by atoms with Crippen molar-refractivity contribution in [2.45, 2.75) is 50.4 Å². The van der Waals surface area contributed by atoms with Gasteiger partial charge in [0.25, 0.3) is 0 Å². The smallest absolute Gasteiger partial charge is 0.220 e. The van der Waals surface area contributed by atoms with E-state index in [0.717, 1.165) is 24.9 Å². The van der Waals surface area contributed by atoms with E-state index in [1.54, 1.807) is 0 Å². The first-order valence-corrected chi connectivity index (χ1v) is 8.58. The van der Waals surface area contributed by atoms with Crippen molar-refractivity contribution < 1.29 is 4.79 Å². The van der Waals surface area contributed by atoms with Crippen molar-refractivity contribution in [3.05, 3.63) is 53.9 Å². The first-order chi connectivity index (χ1) is 11.3. The third-order valence-corrected chi connectivity index (χ3v) is 4.99. The predicted molar refractivity (Wildman–Crippen MR) is 91.1 cm³/mol. The molecule has 0 bridgehead atoms. The van der Waals surface area contributed by atoms with Gasteiger partial charge in [0.2, 0.25) is 5.91 Å². The molecule has 122 valence electrons. The highest BCUT2D eigenvalue weighted by atomic mass is 16.1. The Morgan fingerprint density at radius 3 is 2.70 bits per heavy atom. The van der Waals surface area contributed by atoms with Gasteiger partial charge in [0.1, 0.15) is 0 Å². The van der Waals surface area contributed by atoms with Crippen LogP contribution in [0.1, 0.15) is 49.7 Å². The van der Waals surface area contributed by atoms with Gasteiger partial charge in [0.15, 0.2) is 0 Å². The Morgan fingerprint density at radius 1 is 1.22 bits per heavy atom. The second-order valence-corrected chi connectivity index (χ2v) is 6.59. The lowest BCUT2D eigenvalue weighted by molar-refractivity contribution is -0.121. The van der Waals surface area contributed by atoms with Gasteiger partial charge >= 0.3 is 0 Å². The molecule has 2 aromatic rings. The molecule has 23 heavy (non-hydrogen) atoms. The third kappa shape index (κ3) is 4.01. The van der Waals surface area contributed by atoms with Crippen molar-refractivity contribution >= 4 is 5.91 Å². The van der Waals surface area contributed by atoms with E-state index in [1.165, 1.54) is 31.2 Å². The Hall–Kier alpha value is -2.10. The summed E-state index contributed by atoms with van der Waals surface area (Å²) in [7, 11) is 0. The first-order valence-electron chi connectivity index (χ1n) is 8.58. The number of rotatable bonds is 7. The van der Waals surface area contributed by atoms with Crippen LogP contribution < -0.4 is 5.32 Å². The molecular weight excluding hydrogens is 286 g/mol. The van der Waals surface area contributed by atoms with Crippen LogP contribution in [0.2, 0.25) is 0 Å². The minimum absolute atomic E-state index is 0.140. The number of hydrogen-bond acceptors (Lipinski definition) is 2. The summed E-state index contributed by atoms with van der Waals surface area (Å²) in [6, 6.07) is 10.7. The maximum atomic E-state index is 12.2. The zero-order valence-corrected chi connectivity index (χ0v) is 13.6. The summed E-state index contributed by atoms with van der Waals surface area (Å²) in [5, 5.41) is 9.91. The Kier molecular flexibility index (Phi) is 5.11. The summed E-state index contributed by atoms with van der Waals surface area (Å²) in [6.07, 6.45) is 10.9. The summed E-state index contributed by atoms with van der Waals surface area (Å²) in [6.45, 7) is 0.765. The monoisotopic (exact) mass is 311 g/mol. The van der Waals surface area contributed by atoms with E-state index in [0.29, 0.717) is 6.42 Å². The molecule has 1 aromatic carbocycles. The Balaban J connectivity index is 1.50. The van der Waals surface area contributed by atoms with Gasteiger partial charge in [-0.15, -0.1) is 0 Å². The van der Waals surface area contributed by atoms with E-state index in [2.05, 4.69) is 45.8 Å². The molecule has 1 aromatic heterocycles. The van der Waals surface area contributed by atoms with E-state index < -0.39 is 0 Å². The van der Waals surface area contributed by atoms with E-state index in [9.17, 15) is 4.79 Å². The number of H-pyrrole nitrogens is 1. The van der Waals surface area contributed by atoms with Crippen LogP contribution in [-0.4, -0.2) is 22.6 Å². The summed E-state index contributed by atoms with van der Waals surface area (Å²) in [5.74, 6) is 0.163. The summed E-state index contributed by atoms with van der Waals surface area (Å²) >= 11 is 0. The van der Waals surface area contributed by atoms with Crippen LogP contribution in [0.25, 0.3) is 0 Å². The molecule has 4 heteroatoms. The topological polar surface area (TPSA) is 57.8 Å². The Labute approximate surface area is 137 Å². The summed E-state index contributed by atoms with van der Waals surface area (Å²) < 4.78 is 0. The molecule has 4 nitrogen and oxygen atoms in total. The van der Waals surface area contributed by atoms with Crippen LogP contribution in [0.15, 0.2) is 42.7 Å². The van der Waals surface area contributed by atoms with Crippen LogP contribution in [-0.2, 0) is 16.6 Å². The van der Waals surface area contributed by atoms with Gasteiger partial charge < -0.3 is 5.32 Å². The molecule has 0 radical (unpaired) electrons. The van der Waals surface area contributed by atoms with Crippen molar-refractivity contribution in [1.82, 2.24) is 15.5 Å². The molecule has 1 amide bonds. The first kappa shape index (κ1) is 15.8. The number of aromatic nitrogens is 2. The number of nitrogens with zero attached hydrogens (tertiary/aromatic N) is 1. The number of benzene rings is 1. The third-order valence-electron chi connectivity index (χ3n) is 4.99. The lowest BCUT2D eigenvalue weighted by Crippen LogP contribution is -2.38. The van der Waals surface area contributed by atoms with Gasteiger partial charge in [0, 0.05) is 24.6 Å². The number of amides is 1. The van der Waals surface area contributed by atoms with E-state index >= 15 is 0 Å². The van der Waals surface area contributed by atoms with E-state index in [-0.39, 0.29) is 11.3 Å². The SMILES string of the molecule is O=C(CCCc1cn[nH]c1)NCC1(c2ccccc2)CCCC1. The van der Waals surface area contributed by atoms with Crippen LogP contribution in [0.5, 0.6) is 0 Å². The number of aryl methyl sites for hydroxylation is 1. The highest BCUT2D eigenvalue weighted by Crippen LogP contribution is 2.40. The maximum absolute atomic E-state index is 12.2. The largest absolute Gasteiger partial charge is 0.355 e.